The lowest BCUT2D eigenvalue weighted by Crippen LogP contribution is -2.12. The van der Waals surface area contributed by atoms with Crippen LogP contribution in [0.2, 0.25) is 5.02 Å². The Kier molecular flexibility index (Phi) is 4.59. The van der Waals surface area contributed by atoms with E-state index in [1.54, 1.807) is 36.8 Å². The number of nitrogens with zero attached hydrogens (tertiary/aromatic N) is 1. The summed E-state index contributed by atoms with van der Waals surface area (Å²) >= 11 is 5.80. The summed E-state index contributed by atoms with van der Waals surface area (Å²) in [6, 6.07) is 12.6. The molecule has 0 aliphatic heterocycles. The third-order valence-corrected chi connectivity index (χ3v) is 3.33. The SMILES string of the molecule is O=C(Nc1cccc(OCc2cccnc2)c1)c1cc(Cl)c[nH]1. The van der Waals surface area contributed by atoms with Gasteiger partial charge in [0.05, 0.1) is 5.02 Å². The highest BCUT2D eigenvalue weighted by Gasteiger charge is 2.08. The lowest BCUT2D eigenvalue weighted by Gasteiger charge is -2.09. The van der Waals surface area contributed by atoms with Gasteiger partial charge in [-0.1, -0.05) is 23.7 Å². The zero-order chi connectivity index (χ0) is 16.1. The van der Waals surface area contributed by atoms with Crippen molar-refractivity contribution in [2.75, 3.05) is 5.32 Å². The summed E-state index contributed by atoms with van der Waals surface area (Å²) in [7, 11) is 0. The van der Waals surface area contributed by atoms with Gasteiger partial charge in [0, 0.05) is 35.9 Å². The predicted molar refractivity (Wildman–Crippen MR) is 88.8 cm³/mol. The van der Waals surface area contributed by atoms with Gasteiger partial charge in [0.25, 0.3) is 5.91 Å². The van der Waals surface area contributed by atoms with Gasteiger partial charge in [0.2, 0.25) is 0 Å². The number of hydrogen-bond acceptors (Lipinski definition) is 3. The number of halogens is 1. The van der Waals surface area contributed by atoms with Crippen molar-refractivity contribution >= 4 is 23.2 Å². The fourth-order valence-corrected chi connectivity index (χ4v) is 2.17. The Morgan fingerprint density at radius 1 is 1.26 bits per heavy atom. The summed E-state index contributed by atoms with van der Waals surface area (Å²) in [6.07, 6.45) is 5.02. The monoisotopic (exact) mass is 327 g/mol. The molecule has 3 rings (SSSR count). The second-order valence-electron chi connectivity index (χ2n) is 4.86. The average Bonchev–Trinajstić information content (AvgIpc) is 3.01. The normalized spacial score (nSPS) is 10.3. The number of anilines is 1. The van der Waals surface area contributed by atoms with E-state index >= 15 is 0 Å². The van der Waals surface area contributed by atoms with Crippen molar-refractivity contribution in [3.63, 3.8) is 0 Å². The largest absolute Gasteiger partial charge is 0.489 e. The van der Waals surface area contributed by atoms with E-state index in [4.69, 9.17) is 16.3 Å². The topological polar surface area (TPSA) is 67.0 Å². The van der Waals surface area contributed by atoms with Crippen molar-refractivity contribution in [1.82, 2.24) is 9.97 Å². The second-order valence-corrected chi connectivity index (χ2v) is 5.30. The minimum Gasteiger partial charge on any atom is -0.489 e. The first-order chi connectivity index (χ1) is 11.2. The molecule has 0 radical (unpaired) electrons. The number of hydrogen-bond donors (Lipinski definition) is 2. The van der Waals surface area contributed by atoms with E-state index in [2.05, 4.69) is 15.3 Å². The van der Waals surface area contributed by atoms with Crippen LogP contribution in [0.4, 0.5) is 5.69 Å². The van der Waals surface area contributed by atoms with Crippen LogP contribution in [-0.2, 0) is 6.61 Å². The van der Waals surface area contributed by atoms with Gasteiger partial charge >= 0.3 is 0 Å². The average molecular weight is 328 g/mol. The summed E-state index contributed by atoms with van der Waals surface area (Å²) in [5, 5.41) is 3.28. The Hall–Kier alpha value is -2.79. The third kappa shape index (κ3) is 4.11. The van der Waals surface area contributed by atoms with Gasteiger partial charge in [-0.25, -0.2) is 0 Å². The molecule has 0 aliphatic carbocycles. The van der Waals surface area contributed by atoms with Crippen LogP contribution in [0.5, 0.6) is 5.75 Å². The first-order valence-electron chi connectivity index (χ1n) is 6.98. The molecule has 2 aromatic heterocycles. The minimum absolute atomic E-state index is 0.263. The lowest BCUT2D eigenvalue weighted by atomic mass is 10.2. The number of carbonyl (C=O) groups is 1. The molecule has 1 amide bonds. The van der Waals surface area contributed by atoms with E-state index in [0.29, 0.717) is 28.8 Å². The van der Waals surface area contributed by atoms with Crippen molar-refractivity contribution < 1.29 is 9.53 Å². The highest BCUT2D eigenvalue weighted by Crippen LogP contribution is 2.19. The molecule has 0 saturated carbocycles. The Morgan fingerprint density at radius 2 is 2.17 bits per heavy atom. The number of aromatic amines is 1. The summed E-state index contributed by atoms with van der Waals surface area (Å²) in [5.74, 6) is 0.400. The van der Waals surface area contributed by atoms with Crippen molar-refractivity contribution in [2.24, 2.45) is 0 Å². The number of pyridine rings is 1. The van der Waals surface area contributed by atoms with Crippen molar-refractivity contribution in [3.05, 3.63) is 77.3 Å². The quantitative estimate of drug-likeness (QED) is 0.747. The number of amides is 1. The first-order valence-corrected chi connectivity index (χ1v) is 7.35. The predicted octanol–water partition coefficient (Wildman–Crippen LogP) is 3.89. The van der Waals surface area contributed by atoms with E-state index in [1.165, 1.54) is 0 Å². The molecular weight excluding hydrogens is 314 g/mol. The molecule has 0 spiro atoms. The highest BCUT2D eigenvalue weighted by atomic mass is 35.5. The van der Waals surface area contributed by atoms with Crippen LogP contribution in [0.1, 0.15) is 16.1 Å². The smallest absolute Gasteiger partial charge is 0.272 e. The zero-order valence-corrected chi connectivity index (χ0v) is 12.9. The summed E-state index contributed by atoms with van der Waals surface area (Å²) < 4.78 is 5.70. The van der Waals surface area contributed by atoms with Crippen LogP contribution in [0, 0.1) is 0 Å². The Morgan fingerprint density at radius 3 is 2.91 bits per heavy atom. The van der Waals surface area contributed by atoms with Crippen LogP contribution >= 0.6 is 11.6 Å². The second kappa shape index (κ2) is 6.98. The minimum atomic E-state index is -0.263. The van der Waals surface area contributed by atoms with Gasteiger partial charge in [-0.15, -0.1) is 0 Å². The fraction of sp³-hybridized carbons (Fsp3) is 0.0588. The van der Waals surface area contributed by atoms with Crippen LogP contribution in [0.3, 0.4) is 0 Å². The van der Waals surface area contributed by atoms with Gasteiger partial charge < -0.3 is 15.0 Å². The molecule has 0 saturated heterocycles. The van der Waals surface area contributed by atoms with Crippen LogP contribution in [0.15, 0.2) is 61.1 Å². The number of H-pyrrole nitrogens is 1. The Balaban J connectivity index is 1.64. The molecule has 0 fully saturated rings. The molecule has 0 bridgehead atoms. The van der Waals surface area contributed by atoms with Gasteiger partial charge in [-0.05, 0) is 24.3 Å². The van der Waals surface area contributed by atoms with Gasteiger partial charge in [0.15, 0.2) is 0 Å². The van der Waals surface area contributed by atoms with Gasteiger partial charge in [-0.3, -0.25) is 9.78 Å². The fourth-order valence-electron chi connectivity index (χ4n) is 2.01. The van der Waals surface area contributed by atoms with E-state index in [-0.39, 0.29) is 5.91 Å². The molecule has 0 unspecified atom stereocenters. The van der Waals surface area contributed by atoms with Gasteiger partial charge in [-0.2, -0.15) is 0 Å². The van der Waals surface area contributed by atoms with Crippen molar-refractivity contribution in [1.29, 1.82) is 0 Å². The maximum atomic E-state index is 12.1. The molecule has 1 aromatic carbocycles. The molecule has 3 aromatic rings. The standard InChI is InChI=1S/C17H14ClN3O2/c18-13-7-16(20-10-13)17(22)21-14-4-1-5-15(8-14)23-11-12-3-2-6-19-9-12/h1-10,20H,11H2,(H,21,22). The third-order valence-electron chi connectivity index (χ3n) is 3.11. The first kappa shape index (κ1) is 15.1. The number of nitrogens with one attached hydrogen (secondary N) is 2. The number of rotatable bonds is 5. The molecule has 0 aliphatic rings. The molecule has 23 heavy (non-hydrogen) atoms. The van der Waals surface area contributed by atoms with Crippen molar-refractivity contribution in [3.8, 4) is 5.75 Å². The Labute approximate surface area is 138 Å². The van der Waals surface area contributed by atoms with Crippen LogP contribution in [-0.4, -0.2) is 15.9 Å². The van der Waals surface area contributed by atoms with E-state index in [0.717, 1.165) is 5.56 Å². The maximum absolute atomic E-state index is 12.1. The molecule has 0 atom stereocenters. The molecule has 5 nitrogen and oxygen atoms in total. The highest BCUT2D eigenvalue weighted by molar-refractivity contribution is 6.31. The maximum Gasteiger partial charge on any atom is 0.272 e. The van der Waals surface area contributed by atoms with Gasteiger partial charge in [0.1, 0.15) is 18.1 Å². The summed E-state index contributed by atoms with van der Waals surface area (Å²) in [6.45, 7) is 0.414. The summed E-state index contributed by atoms with van der Waals surface area (Å²) in [5.41, 5.74) is 2.02. The van der Waals surface area contributed by atoms with Crippen LogP contribution in [0.25, 0.3) is 0 Å². The number of carbonyl (C=O) groups excluding carboxylic acids is 1. The zero-order valence-electron chi connectivity index (χ0n) is 12.1. The van der Waals surface area contributed by atoms with E-state index < -0.39 is 0 Å². The summed E-state index contributed by atoms with van der Waals surface area (Å²) in [4.78, 5) is 18.9. The number of benzene rings is 1. The Bertz CT molecular complexity index is 802. The van der Waals surface area contributed by atoms with E-state index in [9.17, 15) is 4.79 Å². The van der Waals surface area contributed by atoms with Crippen LogP contribution < -0.4 is 10.1 Å². The number of ether oxygens (including phenoxy) is 1. The molecule has 2 heterocycles. The molecule has 6 heteroatoms. The molecule has 2 N–H and O–H groups in total. The van der Waals surface area contributed by atoms with Crippen molar-refractivity contribution in [2.45, 2.75) is 6.61 Å². The number of aromatic nitrogens is 2. The molecule has 116 valence electrons. The van der Waals surface area contributed by atoms with E-state index in [1.807, 2.05) is 24.3 Å². The lowest BCUT2D eigenvalue weighted by molar-refractivity contribution is 0.102. The molecular formula is C17H14ClN3O2.